The Morgan fingerprint density at radius 3 is 2.36 bits per heavy atom. The molecule has 0 spiro atoms. The molecular formula is C11H18FNO. The molecule has 0 fully saturated rings. The first kappa shape index (κ1) is 12.8. The molecule has 1 aromatic rings. The molecule has 2 N–H and O–H groups in total. The highest BCUT2D eigenvalue weighted by Gasteiger charge is 2.06. The van der Waals surface area contributed by atoms with Crippen molar-refractivity contribution in [3.8, 4) is 5.75 Å². The fraction of sp³-hybridized carbons (Fsp3) is 0.455. The van der Waals surface area contributed by atoms with E-state index in [2.05, 4.69) is 0 Å². The fourth-order valence-corrected chi connectivity index (χ4v) is 1.08. The number of nitrogens with two attached hydrogens (primary N) is 1. The van der Waals surface area contributed by atoms with E-state index < -0.39 is 5.82 Å². The van der Waals surface area contributed by atoms with Gasteiger partial charge in [0.2, 0.25) is 0 Å². The maximum Gasteiger partial charge on any atom is 0.167 e. The molecule has 1 rings (SSSR count). The summed E-state index contributed by atoms with van der Waals surface area (Å²) in [4.78, 5) is 0. The topological polar surface area (TPSA) is 35.2 Å². The van der Waals surface area contributed by atoms with Crippen molar-refractivity contribution in [2.24, 2.45) is 0 Å². The van der Waals surface area contributed by atoms with Crippen LogP contribution >= 0.6 is 0 Å². The fourth-order valence-electron chi connectivity index (χ4n) is 1.08. The monoisotopic (exact) mass is 199 g/mol. The number of ether oxygens (including phenoxy) is 1. The Morgan fingerprint density at radius 1 is 1.36 bits per heavy atom. The van der Waals surface area contributed by atoms with E-state index >= 15 is 0 Å². The van der Waals surface area contributed by atoms with Crippen LogP contribution in [0.15, 0.2) is 12.1 Å². The van der Waals surface area contributed by atoms with Crippen molar-refractivity contribution in [3.05, 3.63) is 23.5 Å². The molecule has 0 aliphatic carbocycles. The predicted octanol–water partition coefficient (Wildman–Crippen LogP) is 3.14. The van der Waals surface area contributed by atoms with Crippen molar-refractivity contribution in [1.82, 2.24) is 0 Å². The molecule has 0 saturated heterocycles. The van der Waals surface area contributed by atoms with Crippen LogP contribution in [0.4, 0.5) is 10.1 Å². The molecule has 0 atom stereocenters. The third kappa shape index (κ3) is 3.24. The normalized spacial score (nSPS) is 8.93. The number of rotatable bonds is 2. The van der Waals surface area contributed by atoms with Gasteiger partial charge in [0.1, 0.15) is 0 Å². The van der Waals surface area contributed by atoms with Crippen molar-refractivity contribution in [2.75, 3.05) is 12.3 Å². The van der Waals surface area contributed by atoms with E-state index in [-0.39, 0.29) is 0 Å². The van der Waals surface area contributed by atoms with Crippen molar-refractivity contribution in [3.63, 3.8) is 0 Å². The van der Waals surface area contributed by atoms with E-state index in [0.717, 1.165) is 5.56 Å². The summed E-state index contributed by atoms with van der Waals surface area (Å²) in [5, 5.41) is 0. The molecule has 0 radical (unpaired) electrons. The quantitative estimate of drug-likeness (QED) is 0.742. The van der Waals surface area contributed by atoms with E-state index in [4.69, 9.17) is 10.5 Å². The van der Waals surface area contributed by atoms with Crippen LogP contribution in [0.2, 0.25) is 0 Å². The Bertz CT molecular complexity index is 264. The Kier molecular flexibility index (Phi) is 5.68. The van der Waals surface area contributed by atoms with Crippen molar-refractivity contribution >= 4 is 5.69 Å². The maximum atomic E-state index is 13.1. The zero-order valence-electron chi connectivity index (χ0n) is 9.23. The minimum Gasteiger partial charge on any atom is -0.491 e. The van der Waals surface area contributed by atoms with Gasteiger partial charge in [0.25, 0.3) is 0 Å². The summed E-state index contributed by atoms with van der Waals surface area (Å²) in [6, 6.07) is 2.95. The van der Waals surface area contributed by atoms with Crippen LogP contribution in [-0.4, -0.2) is 6.61 Å². The van der Waals surface area contributed by atoms with Gasteiger partial charge in [-0.2, -0.15) is 0 Å². The lowest BCUT2D eigenvalue weighted by Gasteiger charge is -2.08. The summed E-state index contributed by atoms with van der Waals surface area (Å²) in [5.41, 5.74) is 6.58. The number of aryl methyl sites for hydroxylation is 1. The second-order valence-corrected chi connectivity index (χ2v) is 2.58. The van der Waals surface area contributed by atoms with E-state index in [9.17, 15) is 4.39 Å². The molecule has 0 aromatic heterocycles. The van der Waals surface area contributed by atoms with E-state index in [0.29, 0.717) is 18.0 Å². The van der Waals surface area contributed by atoms with Gasteiger partial charge in [-0.25, -0.2) is 4.39 Å². The Balaban J connectivity index is 0.000000791. The minimum atomic E-state index is -0.394. The van der Waals surface area contributed by atoms with Gasteiger partial charge in [-0.15, -0.1) is 0 Å². The van der Waals surface area contributed by atoms with E-state index in [1.807, 2.05) is 20.8 Å². The van der Waals surface area contributed by atoms with Crippen molar-refractivity contribution in [1.29, 1.82) is 0 Å². The average molecular weight is 199 g/mol. The highest BCUT2D eigenvalue weighted by Crippen LogP contribution is 2.24. The summed E-state index contributed by atoms with van der Waals surface area (Å²) in [6.07, 6.45) is 0. The number of anilines is 1. The second-order valence-electron chi connectivity index (χ2n) is 2.58. The lowest BCUT2D eigenvalue weighted by Crippen LogP contribution is -1.98. The summed E-state index contributed by atoms with van der Waals surface area (Å²) < 4.78 is 18.2. The molecule has 0 saturated carbocycles. The molecular weight excluding hydrogens is 181 g/mol. The third-order valence-corrected chi connectivity index (χ3v) is 1.54. The van der Waals surface area contributed by atoms with Gasteiger partial charge in [-0.3, -0.25) is 0 Å². The molecule has 0 unspecified atom stereocenters. The molecule has 1 aromatic carbocycles. The highest BCUT2D eigenvalue weighted by molar-refractivity contribution is 5.48. The first-order chi connectivity index (χ1) is 6.65. The number of hydrogen-bond acceptors (Lipinski definition) is 2. The van der Waals surface area contributed by atoms with Gasteiger partial charge in [0, 0.05) is 11.8 Å². The Hall–Kier alpha value is -1.25. The Labute approximate surface area is 84.9 Å². The first-order valence-electron chi connectivity index (χ1n) is 4.83. The van der Waals surface area contributed by atoms with Gasteiger partial charge in [-0.1, -0.05) is 13.8 Å². The van der Waals surface area contributed by atoms with Crippen LogP contribution in [0.25, 0.3) is 0 Å². The van der Waals surface area contributed by atoms with Crippen LogP contribution in [-0.2, 0) is 0 Å². The summed E-state index contributed by atoms with van der Waals surface area (Å²) >= 11 is 0. The predicted molar refractivity (Wildman–Crippen MR) is 58.1 cm³/mol. The van der Waals surface area contributed by atoms with Gasteiger partial charge < -0.3 is 10.5 Å². The molecule has 80 valence electrons. The van der Waals surface area contributed by atoms with Gasteiger partial charge >= 0.3 is 0 Å². The zero-order valence-corrected chi connectivity index (χ0v) is 9.23. The molecule has 3 heteroatoms. The number of benzene rings is 1. The largest absolute Gasteiger partial charge is 0.491 e. The van der Waals surface area contributed by atoms with E-state index in [1.54, 1.807) is 13.0 Å². The SMILES string of the molecule is CC.CCOc1c(C)cc(N)cc1F. The number of nitrogen functional groups attached to an aromatic ring is 1. The average Bonchev–Trinajstić information content (AvgIpc) is 2.14. The smallest absolute Gasteiger partial charge is 0.167 e. The van der Waals surface area contributed by atoms with Crippen LogP contribution in [0.1, 0.15) is 26.3 Å². The van der Waals surface area contributed by atoms with Crippen LogP contribution in [0, 0.1) is 12.7 Å². The molecule has 0 aliphatic heterocycles. The van der Waals surface area contributed by atoms with Crippen LogP contribution < -0.4 is 10.5 Å². The molecule has 14 heavy (non-hydrogen) atoms. The molecule has 0 amide bonds. The maximum absolute atomic E-state index is 13.1. The third-order valence-electron chi connectivity index (χ3n) is 1.54. The molecule has 2 nitrogen and oxygen atoms in total. The highest BCUT2D eigenvalue weighted by atomic mass is 19.1. The standard InChI is InChI=1S/C9H12FNO.C2H6/c1-3-12-9-6(2)4-7(11)5-8(9)10;1-2/h4-5H,3,11H2,1-2H3;1-2H3. The van der Waals surface area contributed by atoms with Gasteiger partial charge in [0.15, 0.2) is 11.6 Å². The molecule has 0 aliphatic rings. The number of hydrogen-bond donors (Lipinski definition) is 1. The van der Waals surface area contributed by atoms with Gasteiger partial charge in [-0.05, 0) is 25.5 Å². The Morgan fingerprint density at radius 2 is 1.93 bits per heavy atom. The lowest BCUT2D eigenvalue weighted by atomic mass is 10.2. The molecule has 0 bridgehead atoms. The lowest BCUT2D eigenvalue weighted by molar-refractivity contribution is 0.319. The summed E-state index contributed by atoms with van der Waals surface area (Å²) in [7, 11) is 0. The van der Waals surface area contributed by atoms with Gasteiger partial charge in [0.05, 0.1) is 6.61 Å². The summed E-state index contributed by atoms with van der Waals surface area (Å²) in [5.74, 6) is -0.0962. The van der Waals surface area contributed by atoms with Crippen molar-refractivity contribution < 1.29 is 9.13 Å². The van der Waals surface area contributed by atoms with E-state index in [1.165, 1.54) is 6.07 Å². The number of halogens is 1. The van der Waals surface area contributed by atoms with Crippen LogP contribution in [0.5, 0.6) is 5.75 Å². The van der Waals surface area contributed by atoms with Crippen LogP contribution in [0.3, 0.4) is 0 Å². The van der Waals surface area contributed by atoms with Crippen molar-refractivity contribution in [2.45, 2.75) is 27.7 Å². The first-order valence-corrected chi connectivity index (χ1v) is 4.83. The minimum absolute atomic E-state index is 0.298. The second kappa shape index (κ2) is 6.24. The zero-order chi connectivity index (χ0) is 11.1. The molecule has 0 heterocycles. The summed E-state index contributed by atoms with van der Waals surface area (Å²) in [6.45, 7) is 8.04.